The van der Waals surface area contributed by atoms with Crippen LogP contribution in [0.4, 0.5) is 5.69 Å². The van der Waals surface area contributed by atoms with Gasteiger partial charge >= 0.3 is 0 Å². The maximum Gasteiger partial charge on any atom is 0.228 e. The first kappa shape index (κ1) is 15.3. The number of amides is 1. The van der Waals surface area contributed by atoms with Crippen LogP contribution in [0, 0.1) is 13.8 Å². The SMILES string of the molecule is Cc1nn(C)c(C)c1CC(=O)Nc1ccc(C(C)C)cc1. The van der Waals surface area contributed by atoms with Crippen molar-refractivity contribution in [2.75, 3.05) is 5.32 Å². The molecule has 1 N–H and O–H groups in total. The molecule has 0 aliphatic rings. The molecule has 0 bridgehead atoms. The normalized spacial score (nSPS) is 11.0. The fraction of sp³-hybridized carbons (Fsp3) is 0.412. The van der Waals surface area contributed by atoms with E-state index in [9.17, 15) is 4.79 Å². The van der Waals surface area contributed by atoms with Crippen molar-refractivity contribution < 1.29 is 4.79 Å². The Balaban J connectivity index is 2.04. The fourth-order valence-corrected chi connectivity index (χ4v) is 2.39. The van der Waals surface area contributed by atoms with Crippen molar-refractivity contribution in [1.29, 1.82) is 0 Å². The molecule has 0 radical (unpaired) electrons. The second-order valence-electron chi connectivity index (χ2n) is 5.77. The molecule has 0 atom stereocenters. The minimum Gasteiger partial charge on any atom is -0.326 e. The number of aromatic nitrogens is 2. The average Bonchev–Trinajstić information content (AvgIpc) is 2.66. The topological polar surface area (TPSA) is 46.9 Å². The summed E-state index contributed by atoms with van der Waals surface area (Å²) in [6.45, 7) is 8.23. The third-order valence-electron chi connectivity index (χ3n) is 3.86. The molecule has 21 heavy (non-hydrogen) atoms. The first-order valence-corrected chi connectivity index (χ1v) is 7.27. The van der Waals surface area contributed by atoms with Crippen LogP contribution >= 0.6 is 0 Å². The molecule has 112 valence electrons. The van der Waals surface area contributed by atoms with E-state index in [1.165, 1.54) is 5.56 Å². The first-order valence-electron chi connectivity index (χ1n) is 7.27. The number of nitrogens with one attached hydrogen (secondary N) is 1. The zero-order chi connectivity index (χ0) is 15.6. The Morgan fingerprint density at radius 1 is 1.24 bits per heavy atom. The van der Waals surface area contributed by atoms with Crippen molar-refractivity contribution in [2.24, 2.45) is 7.05 Å². The average molecular weight is 285 g/mol. The van der Waals surface area contributed by atoms with Crippen LogP contribution in [-0.4, -0.2) is 15.7 Å². The molecule has 1 heterocycles. The molecule has 1 aromatic heterocycles. The molecule has 0 saturated heterocycles. The van der Waals surface area contributed by atoms with E-state index in [2.05, 4.69) is 36.4 Å². The van der Waals surface area contributed by atoms with E-state index in [1.807, 2.05) is 37.7 Å². The van der Waals surface area contributed by atoms with Crippen LogP contribution in [-0.2, 0) is 18.3 Å². The molecule has 2 aromatic rings. The standard InChI is InChI=1S/C17H23N3O/c1-11(2)14-6-8-15(9-7-14)18-17(21)10-16-12(3)19-20(5)13(16)4/h6-9,11H,10H2,1-5H3,(H,18,21). The summed E-state index contributed by atoms with van der Waals surface area (Å²) >= 11 is 0. The molecule has 1 aromatic carbocycles. The van der Waals surface area contributed by atoms with Crippen LogP contribution in [0.5, 0.6) is 0 Å². The molecule has 4 heteroatoms. The van der Waals surface area contributed by atoms with Gasteiger partial charge in [0, 0.05) is 24.0 Å². The van der Waals surface area contributed by atoms with Crippen LogP contribution in [0.3, 0.4) is 0 Å². The van der Waals surface area contributed by atoms with Gasteiger partial charge < -0.3 is 5.32 Å². The lowest BCUT2D eigenvalue weighted by Crippen LogP contribution is -2.15. The van der Waals surface area contributed by atoms with Gasteiger partial charge in [-0.25, -0.2) is 0 Å². The molecule has 0 unspecified atom stereocenters. The van der Waals surface area contributed by atoms with E-state index in [4.69, 9.17) is 0 Å². The highest BCUT2D eigenvalue weighted by Crippen LogP contribution is 2.18. The molecule has 2 rings (SSSR count). The van der Waals surface area contributed by atoms with E-state index >= 15 is 0 Å². The van der Waals surface area contributed by atoms with Gasteiger partial charge in [0.1, 0.15) is 0 Å². The highest BCUT2D eigenvalue weighted by molar-refractivity contribution is 5.92. The number of benzene rings is 1. The molecule has 0 saturated carbocycles. The van der Waals surface area contributed by atoms with Gasteiger partial charge in [0.05, 0.1) is 12.1 Å². The number of carbonyl (C=O) groups excluding carboxylic acids is 1. The summed E-state index contributed by atoms with van der Waals surface area (Å²) in [5.41, 5.74) is 5.07. The van der Waals surface area contributed by atoms with Crippen molar-refractivity contribution >= 4 is 11.6 Å². The molecular formula is C17H23N3O. The summed E-state index contributed by atoms with van der Waals surface area (Å²) in [6, 6.07) is 8.02. The quantitative estimate of drug-likeness (QED) is 0.936. The van der Waals surface area contributed by atoms with E-state index in [-0.39, 0.29) is 5.91 Å². The van der Waals surface area contributed by atoms with E-state index in [0.29, 0.717) is 12.3 Å². The summed E-state index contributed by atoms with van der Waals surface area (Å²) in [5, 5.41) is 7.28. The summed E-state index contributed by atoms with van der Waals surface area (Å²) in [4.78, 5) is 12.2. The number of rotatable bonds is 4. The van der Waals surface area contributed by atoms with Crippen molar-refractivity contribution in [2.45, 2.75) is 40.0 Å². The number of carbonyl (C=O) groups is 1. The molecule has 0 aliphatic heterocycles. The lowest BCUT2D eigenvalue weighted by atomic mass is 10.0. The summed E-state index contributed by atoms with van der Waals surface area (Å²) in [7, 11) is 1.90. The highest BCUT2D eigenvalue weighted by Gasteiger charge is 2.13. The Bertz CT molecular complexity index is 639. The summed E-state index contributed by atoms with van der Waals surface area (Å²) in [5.74, 6) is 0.488. The third-order valence-corrected chi connectivity index (χ3v) is 3.86. The largest absolute Gasteiger partial charge is 0.326 e. The number of hydrogen-bond donors (Lipinski definition) is 1. The van der Waals surface area contributed by atoms with Crippen LogP contribution < -0.4 is 5.32 Å². The second-order valence-corrected chi connectivity index (χ2v) is 5.77. The number of aryl methyl sites for hydroxylation is 2. The van der Waals surface area contributed by atoms with Crippen molar-refractivity contribution in [3.8, 4) is 0 Å². The molecule has 0 fully saturated rings. The minimum absolute atomic E-state index is 0.00787. The monoisotopic (exact) mass is 285 g/mol. The molecule has 0 aliphatic carbocycles. The lowest BCUT2D eigenvalue weighted by Gasteiger charge is -2.08. The Kier molecular flexibility index (Phi) is 4.46. The predicted octanol–water partition coefficient (Wildman–Crippen LogP) is 3.34. The van der Waals surface area contributed by atoms with Crippen molar-refractivity contribution in [3.05, 3.63) is 46.8 Å². The van der Waals surface area contributed by atoms with Gasteiger partial charge in [-0.15, -0.1) is 0 Å². The number of anilines is 1. The smallest absolute Gasteiger partial charge is 0.228 e. The highest BCUT2D eigenvalue weighted by atomic mass is 16.1. The first-order chi connectivity index (χ1) is 9.88. The van der Waals surface area contributed by atoms with Gasteiger partial charge in [0.25, 0.3) is 0 Å². The van der Waals surface area contributed by atoms with E-state index < -0.39 is 0 Å². The van der Waals surface area contributed by atoms with Gasteiger partial charge in [0.15, 0.2) is 0 Å². The van der Waals surface area contributed by atoms with Crippen molar-refractivity contribution in [3.63, 3.8) is 0 Å². The van der Waals surface area contributed by atoms with Crippen LogP contribution in [0.2, 0.25) is 0 Å². The molecule has 0 spiro atoms. The maximum atomic E-state index is 12.2. The van der Waals surface area contributed by atoms with E-state index in [0.717, 1.165) is 22.6 Å². The Hall–Kier alpha value is -2.10. The van der Waals surface area contributed by atoms with Gasteiger partial charge in [0.2, 0.25) is 5.91 Å². The molecular weight excluding hydrogens is 262 g/mol. The summed E-state index contributed by atoms with van der Waals surface area (Å²) < 4.78 is 1.81. The van der Waals surface area contributed by atoms with Gasteiger partial charge in [-0.1, -0.05) is 26.0 Å². The van der Waals surface area contributed by atoms with Crippen LogP contribution in [0.25, 0.3) is 0 Å². The fourth-order valence-electron chi connectivity index (χ4n) is 2.39. The maximum absolute atomic E-state index is 12.2. The van der Waals surface area contributed by atoms with E-state index in [1.54, 1.807) is 0 Å². The van der Waals surface area contributed by atoms with Gasteiger partial charge in [-0.05, 0) is 37.5 Å². The van der Waals surface area contributed by atoms with Crippen LogP contribution in [0.15, 0.2) is 24.3 Å². The van der Waals surface area contributed by atoms with Gasteiger partial charge in [-0.2, -0.15) is 5.10 Å². The van der Waals surface area contributed by atoms with Gasteiger partial charge in [-0.3, -0.25) is 9.48 Å². The molecule has 4 nitrogen and oxygen atoms in total. The minimum atomic E-state index is -0.00787. The molecule has 1 amide bonds. The predicted molar refractivity (Wildman–Crippen MR) is 85.5 cm³/mol. The van der Waals surface area contributed by atoms with Crippen LogP contribution in [0.1, 0.15) is 42.3 Å². The number of nitrogens with zero attached hydrogens (tertiary/aromatic N) is 2. The second kappa shape index (κ2) is 6.12. The zero-order valence-corrected chi connectivity index (χ0v) is 13.4. The lowest BCUT2D eigenvalue weighted by molar-refractivity contribution is -0.115. The zero-order valence-electron chi connectivity index (χ0n) is 13.4. The number of hydrogen-bond acceptors (Lipinski definition) is 2. The third kappa shape index (κ3) is 3.51. The Morgan fingerprint density at radius 3 is 2.33 bits per heavy atom. The summed E-state index contributed by atoms with van der Waals surface area (Å²) in [6.07, 6.45) is 0.359. The Morgan fingerprint density at radius 2 is 1.86 bits per heavy atom. The van der Waals surface area contributed by atoms with Crippen molar-refractivity contribution in [1.82, 2.24) is 9.78 Å². The Labute approximate surface area is 126 Å².